The van der Waals surface area contributed by atoms with Crippen LogP contribution in [0.15, 0.2) is 35.2 Å². The number of anilines is 1. The number of urea groups is 1. The van der Waals surface area contributed by atoms with Gasteiger partial charge in [0.25, 0.3) is 10.0 Å². The first-order valence-corrected chi connectivity index (χ1v) is 8.90. The Morgan fingerprint density at radius 3 is 2.26 bits per heavy atom. The van der Waals surface area contributed by atoms with Crippen LogP contribution in [0.4, 0.5) is 10.7 Å². The number of amides is 2. The number of carbonyl (C=O) groups excluding carboxylic acids is 1. The van der Waals surface area contributed by atoms with E-state index in [2.05, 4.69) is 15.3 Å². The van der Waals surface area contributed by atoms with Crippen molar-refractivity contribution in [1.29, 1.82) is 0 Å². The first-order valence-electron chi connectivity index (χ1n) is 7.42. The van der Waals surface area contributed by atoms with Gasteiger partial charge in [-0.1, -0.05) is 12.1 Å². The molecule has 0 bridgehead atoms. The average molecular weight is 406 g/mol. The Morgan fingerprint density at radius 1 is 1.11 bits per heavy atom. The summed E-state index contributed by atoms with van der Waals surface area (Å²) in [5.41, 5.74) is 0. The molecule has 12 heteroatoms. The van der Waals surface area contributed by atoms with E-state index in [0.29, 0.717) is 0 Å². The molecule has 0 aliphatic heterocycles. The number of nitrogens with zero attached hydrogens (tertiary/aromatic N) is 2. The molecule has 2 amide bonds. The third-order valence-corrected chi connectivity index (χ3v) is 4.36. The second-order valence-corrected chi connectivity index (χ2v) is 6.37. The van der Waals surface area contributed by atoms with Crippen LogP contribution in [-0.2, 0) is 10.0 Å². The molecule has 10 nitrogen and oxygen atoms in total. The Morgan fingerprint density at radius 2 is 1.70 bits per heavy atom. The Kier molecular flexibility index (Phi) is 8.76. The van der Waals surface area contributed by atoms with Crippen molar-refractivity contribution >= 4 is 51.6 Å². The van der Waals surface area contributed by atoms with Crippen LogP contribution in [0.1, 0.15) is 6.92 Å². The molecule has 27 heavy (non-hydrogen) atoms. The summed E-state index contributed by atoms with van der Waals surface area (Å²) in [7, 11) is -1.42. The van der Waals surface area contributed by atoms with E-state index in [4.69, 9.17) is 14.2 Å². The zero-order valence-electron chi connectivity index (χ0n) is 14.3. The number of ether oxygens (including phenoxy) is 3. The molecule has 0 aliphatic rings. The maximum atomic E-state index is 12.4. The minimum absolute atomic E-state index is 0. The fourth-order valence-corrected chi connectivity index (χ4v) is 2.97. The summed E-state index contributed by atoms with van der Waals surface area (Å²) in [5.74, 6) is 0.218. The average Bonchev–Trinajstić information content (AvgIpc) is 2.61. The SMILES string of the molecule is CCOc1ccccc1S(=O)(=O)NC(=O)Nc1nc(OC)cc(OC)n1.[NaH]. The molecule has 2 N–H and O–H groups in total. The normalized spacial score (nSPS) is 10.3. The van der Waals surface area contributed by atoms with E-state index in [1.807, 2.05) is 4.72 Å². The number of hydrogen-bond donors (Lipinski definition) is 2. The first kappa shape index (κ1) is 23.0. The van der Waals surface area contributed by atoms with E-state index in [1.165, 1.54) is 38.5 Å². The molecular formula is C15H19N4NaO6S. The zero-order chi connectivity index (χ0) is 19.2. The molecule has 1 aromatic heterocycles. The molecule has 0 saturated heterocycles. The summed E-state index contributed by atoms with van der Waals surface area (Å²) in [6.45, 7) is 1.99. The van der Waals surface area contributed by atoms with Crippen molar-refractivity contribution in [2.75, 3.05) is 26.1 Å². The van der Waals surface area contributed by atoms with Crippen molar-refractivity contribution in [3.63, 3.8) is 0 Å². The monoisotopic (exact) mass is 406 g/mol. The van der Waals surface area contributed by atoms with E-state index in [9.17, 15) is 13.2 Å². The van der Waals surface area contributed by atoms with Crippen LogP contribution in [0.3, 0.4) is 0 Å². The van der Waals surface area contributed by atoms with Gasteiger partial charge in [-0.3, -0.25) is 5.32 Å². The third-order valence-electron chi connectivity index (χ3n) is 2.99. The molecule has 1 aromatic carbocycles. The van der Waals surface area contributed by atoms with Gasteiger partial charge in [0.2, 0.25) is 17.7 Å². The topological polar surface area (TPSA) is 129 Å². The minimum atomic E-state index is -4.17. The molecule has 0 aliphatic carbocycles. The fraction of sp³-hybridized carbons (Fsp3) is 0.267. The predicted octanol–water partition coefficient (Wildman–Crippen LogP) is 0.754. The van der Waals surface area contributed by atoms with Gasteiger partial charge in [-0.15, -0.1) is 0 Å². The van der Waals surface area contributed by atoms with Gasteiger partial charge in [0.15, 0.2) is 0 Å². The fourth-order valence-electron chi connectivity index (χ4n) is 1.92. The van der Waals surface area contributed by atoms with Crippen molar-refractivity contribution in [3.05, 3.63) is 30.3 Å². The van der Waals surface area contributed by atoms with E-state index < -0.39 is 16.1 Å². The quantitative estimate of drug-likeness (QED) is 0.645. The van der Waals surface area contributed by atoms with Crippen molar-refractivity contribution in [3.8, 4) is 17.5 Å². The molecule has 2 rings (SSSR count). The van der Waals surface area contributed by atoms with Gasteiger partial charge in [-0.05, 0) is 19.1 Å². The van der Waals surface area contributed by atoms with Gasteiger partial charge < -0.3 is 14.2 Å². The van der Waals surface area contributed by atoms with E-state index >= 15 is 0 Å². The number of para-hydroxylation sites is 1. The number of benzene rings is 1. The molecule has 0 radical (unpaired) electrons. The van der Waals surface area contributed by atoms with E-state index in [0.717, 1.165) is 0 Å². The van der Waals surface area contributed by atoms with E-state index in [1.54, 1.807) is 13.0 Å². The van der Waals surface area contributed by atoms with Gasteiger partial charge in [-0.2, -0.15) is 9.97 Å². The van der Waals surface area contributed by atoms with Crippen LogP contribution < -0.4 is 24.2 Å². The molecule has 2 aromatic rings. The summed E-state index contributed by atoms with van der Waals surface area (Å²) in [5, 5.41) is 2.22. The van der Waals surface area contributed by atoms with Crippen LogP contribution in [0.5, 0.6) is 17.5 Å². The molecule has 142 valence electrons. The first-order chi connectivity index (χ1) is 12.4. The summed E-state index contributed by atoms with van der Waals surface area (Å²) < 4.78 is 41.9. The van der Waals surface area contributed by atoms with Gasteiger partial charge in [0, 0.05) is 0 Å². The van der Waals surface area contributed by atoms with Crippen LogP contribution in [0.2, 0.25) is 0 Å². The zero-order valence-corrected chi connectivity index (χ0v) is 15.2. The summed E-state index contributed by atoms with van der Waals surface area (Å²) in [4.78, 5) is 19.7. The van der Waals surface area contributed by atoms with Crippen LogP contribution in [0, 0.1) is 0 Å². The molecule has 0 unspecified atom stereocenters. The predicted molar refractivity (Wildman–Crippen MR) is 99.2 cm³/mol. The molecule has 0 saturated carbocycles. The van der Waals surface area contributed by atoms with Crippen LogP contribution in [-0.4, -0.2) is 74.8 Å². The van der Waals surface area contributed by atoms with Crippen molar-refractivity contribution in [1.82, 2.24) is 14.7 Å². The number of hydrogen-bond acceptors (Lipinski definition) is 8. The van der Waals surface area contributed by atoms with Crippen LogP contribution >= 0.6 is 0 Å². The second kappa shape index (κ2) is 10.3. The number of aromatic nitrogens is 2. The number of nitrogens with one attached hydrogen (secondary N) is 2. The standard InChI is InChI=1S/C15H18N4O6S.Na.H/c1-4-25-10-7-5-6-8-11(10)26(21,22)19-15(20)18-14-16-12(23-2)9-13(17-14)24-3;;/h5-9H,4H2,1-3H3,(H2,16,17,18,19,20);;. The van der Waals surface area contributed by atoms with Crippen molar-refractivity contribution < 1.29 is 27.4 Å². The van der Waals surface area contributed by atoms with Crippen molar-refractivity contribution in [2.24, 2.45) is 0 Å². The Bertz CT molecular complexity index is 871. The van der Waals surface area contributed by atoms with Gasteiger partial charge in [0.05, 0.1) is 26.9 Å². The molecule has 0 fully saturated rings. The Labute approximate surface area is 179 Å². The molecule has 0 atom stereocenters. The maximum absolute atomic E-state index is 12.4. The summed E-state index contributed by atoms with van der Waals surface area (Å²) in [6.07, 6.45) is 0. The summed E-state index contributed by atoms with van der Waals surface area (Å²) in [6, 6.07) is 6.31. The number of methoxy groups -OCH3 is 2. The third kappa shape index (κ3) is 6.24. The molecule has 1 heterocycles. The Balaban J connectivity index is 0.00000364. The van der Waals surface area contributed by atoms with Gasteiger partial charge >= 0.3 is 35.6 Å². The van der Waals surface area contributed by atoms with Gasteiger partial charge in [0.1, 0.15) is 10.6 Å². The van der Waals surface area contributed by atoms with Gasteiger partial charge in [-0.25, -0.2) is 17.9 Å². The number of carbonyl (C=O) groups is 1. The number of sulfonamides is 1. The van der Waals surface area contributed by atoms with Crippen molar-refractivity contribution in [2.45, 2.75) is 11.8 Å². The molecular weight excluding hydrogens is 387 g/mol. The second-order valence-electron chi connectivity index (χ2n) is 4.72. The number of rotatable bonds is 7. The Hall–Kier alpha value is -2.08. The summed E-state index contributed by atoms with van der Waals surface area (Å²) >= 11 is 0. The molecule has 0 spiro atoms. The van der Waals surface area contributed by atoms with Crippen LogP contribution in [0.25, 0.3) is 0 Å². The van der Waals surface area contributed by atoms with E-state index in [-0.39, 0.29) is 64.5 Å².